The van der Waals surface area contributed by atoms with Gasteiger partial charge in [0.1, 0.15) is 5.83 Å². The van der Waals surface area contributed by atoms with Crippen LogP contribution in [0, 0.1) is 11.8 Å². The lowest BCUT2D eigenvalue weighted by Crippen LogP contribution is -2.28. The minimum atomic E-state index is -0.244. The van der Waals surface area contributed by atoms with E-state index in [-0.39, 0.29) is 36.3 Å². The van der Waals surface area contributed by atoms with Crippen molar-refractivity contribution >= 4 is 5.91 Å². The lowest BCUT2D eigenvalue weighted by molar-refractivity contribution is -0.128. The summed E-state index contributed by atoms with van der Waals surface area (Å²) in [6.07, 6.45) is 4.62. The Hall–Kier alpha value is -1.20. The number of β-amino-alcohol motifs (C(OH)–C–C–N with tert-alkyl or cyclic N) is 1. The van der Waals surface area contributed by atoms with Gasteiger partial charge in [-0.3, -0.25) is 4.79 Å². The summed E-state index contributed by atoms with van der Waals surface area (Å²) < 4.78 is 19.6. The molecule has 0 aromatic carbocycles. The molecule has 19 heavy (non-hydrogen) atoms. The quantitative estimate of drug-likeness (QED) is 0.830. The number of likely N-dealkylation sites (tertiary alicyclic amines) is 1. The third kappa shape index (κ3) is 2.32. The van der Waals surface area contributed by atoms with E-state index in [4.69, 9.17) is 9.84 Å². The van der Waals surface area contributed by atoms with Crippen molar-refractivity contribution in [3.63, 3.8) is 0 Å². The highest BCUT2D eigenvalue weighted by Gasteiger charge is 2.37. The van der Waals surface area contributed by atoms with Gasteiger partial charge in [-0.2, -0.15) is 0 Å². The predicted octanol–water partition coefficient (Wildman–Crippen LogP) is 1.03. The number of hydrogen-bond acceptors (Lipinski definition) is 3. The fourth-order valence-electron chi connectivity index (χ4n) is 3.18. The van der Waals surface area contributed by atoms with Gasteiger partial charge in [-0.25, -0.2) is 4.39 Å². The Morgan fingerprint density at radius 1 is 1.47 bits per heavy atom. The Labute approximate surface area is 111 Å². The van der Waals surface area contributed by atoms with E-state index in [0.29, 0.717) is 31.7 Å². The summed E-state index contributed by atoms with van der Waals surface area (Å²) in [6, 6.07) is 0. The highest BCUT2D eigenvalue weighted by Crippen LogP contribution is 2.38. The number of allylic oxidation sites excluding steroid dienone is 1. The number of amides is 1. The highest BCUT2D eigenvalue weighted by molar-refractivity contribution is 5.79. The van der Waals surface area contributed by atoms with E-state index < -0.39 is 0 Å². The van der Waals surface area contributed by atoms with Crippen LogP contribution in [0.3, 0.4) is 0 Å². The maximum atomic E-state index is 14.1. The zero-order chi connectivity index (χ0) is 13.4. The molecule has 0 saturated carbocycles. The van der Waals surface area contributed by atoms with Gasteiger partial charge in [-0.05, 0) is 18.1 Å². The molecule has 104 valence electrons. The van der Waals surface area contributed by atoms with Crippen LogP contribution in [0.2, 0.25) is 0 Å². The molecule has 4 nitrogen and oxygen atoms in total. The van der Waals surface area contributed by atoms with E-state index >= 15 is 0 Å². The number of carbonyl (C=O) groups excluding carboxylic acids is 1. The van der Waals surface area contributed by atoms with Crippen LogP contribution in [0.5, 0.6) is 0 Å². The van der Waals surface area contributed by atoms with Crippen molar-refractivity contribution in [2.24, 2.45) is 11.8 Å². The molecule has 2 unspecified atom stereocenters. The number of aliphatic hydroxyl groups excluding tert-OH is 1. The summed E-state index contributed by atoms with van der Waals surface area (Å²) in [5.74, 6) is -0.0855. The van der Waals surface area contributed by atoms with Gasteiger partial charge in [0.15, 0.2) is 0 Å². The summed E-state index contributed by atoms with van der Waals surface area (Å²) >= 11 is 0. The molecule has 3 rings (SSSR count). The Kier molecular flexibility index (Phi) is 3.41. The number of hydrogen-bond donors (Lipinski definition) is 1. The number of fused-ring (bicyclic) bond motifs is 1. The summed E-state index contributed by atoms with van der Waals surface area (Å²) in [6.45, 7) is 1.46. The number of ether oxygens (including phenoxy) is 1. The van der Waals surface area contributed by atoms with Crippen molar-refractivity contribution in [1.29, 1.82) is 0 Å². The molecule has 1 N–H and O–H groups in total. The Morgan fingerprint density at radius 2 is 2.32 bits per heavy atom. The van der Waals surface area contributed by atoms with Crippen LogP contribution < -0.4 is 0 Å². The van der Waals surface area contributed by atoms with Crippen LogP contribution in [0.15, 0.2) is 23.6 Å². The molecule has 1 aliphatic carbocycles. The van der Waals surface area contributed by atoms with Gasteiger partial charge in [-0.15, -0.1) is 0 Å². The van der Waals surface area contributed by atoms with Crippen molar-refractivity contribution < 1.29 is 19.0 Å². The number of nitrogens with zero attached hydrogens (tertiary/aromatic N) is 1. The molecule has 0 radical (unpaired) electrons. The van der Waals surface area contributed by atoms with Gasteiger partial charge in [0.25, 0.3) is 0 Å². The van der Waals surface area contributed by atoms with Gasteiger partial charge in [0.2, 0.25) is 5.91 Å². The third-order valence-electron chi connectivity index (χ3n) is 4.19. The molecule has 3 atom stereocenters. The van der Waals surface area contributed by atoms with Crippen LogP contribution >= 0.6 is 0 Å². The zero-order valence-corrected chi connectivity index (χ0v) is 10.7. The molecular formula is C14H18FNO3. The molecular weight excluding hydrogens is 249 g/mol. The van der Waals surface area contributed by atoms with Crippen LogP contribution in [0.25, 0.3) is 0 Å². The van der Waals surface area contributed by atoms with E-state index in [9.17, 15) is 9.18 Å². The molecule has 2 heterocycles. The second-order valence-electron chi connectivity index (χ2n) is 5.39. The Morgan fingerprint density at radius 3 is 3.11 bits per heavy atom. The maximum absolute atomic E-state index is 14.1. The zero-order valence-electron chi connectivity index (χ0n) is 10.7. The van der Waals surface area contributed by atoms with E-state index in [1.165, 1.54) is 0 Å². The van der Waals surface area contributed by atoms with Crippen molar-refractivity contribution in [3.05, 3.63) is 23.6 Å². The van der Waals surface area contributed by atoms with E-state index in [1.54, 1.807) is 11.0 Å². The molecule has 2 fully saturated rings. The van der Waals surface area contributed by atoms with Crippen molar-refractivity contribution in [2.75, 3.05) is 26.3 Å². The SMILES string of the molecule is O=C1C[C@H](C2=CC3CCOC3C=C2F)CN1CCO. The molecule has 2 saturated heterocycles. The smallest absolute Gasteiger partial charge is 0.223 e. The normalized spacial score (nSPS) is 34.3. The van der Waals surface area contributed by atoms with Crippen LogP contribution in [-0.4, -0.2) is 48.3 Å². The lowest BCUT2D eigenvalue weighted by atomic mass is 9.86. The number of carbonyl (C=O) groups is 1. The molecule has 2 aliphatic heterocycles. The first-order valence-corrected chi connectivity index (χ1v) is 6.78. The van der Waals surface area contributed by atoms with Gasteiger partial charge >= 0.3 is 0 Å². The Balaban J connectivity index is 1.76. The minimum Gasteiger partial charge on any atom is -0.395 e. The fraction of sp³-hybridized carbons (Fsp3) is 0.643. The monoisotopic (exact) mass is 267 g/mol. The predicted molar refractivity (Wildman–Crippen MR) is 66.9 cm³/mol. The lowest BCUT2D eigenvalue weighted by Gasteiger charge is -2.23. The summed E-state index contributed by atoms with van der Waals surface area (Å²) in [4.78, 5) is 13.4. The van der Waals surface area contributed by atoms with Crippen LogP contribution in [0.4, 0.5) is 4.39 Å². The topological polar surface area (TPSA) is 49.8 Å². The van der Waals surface area contributed by atoms with Gasteiger partial charge < -0.3 is 14.7 Å². The highest BCUT2D eigenvalue weighted by atomic mass is 19.1. The van der Waals surface area contributed by atoms with E-state index in [2.05, 4.69) is 0 Å². The van der Waals surface area contributed by atoms with Gasteiger partial charge in [0.05, 0.1) is 12.7 Å². The second kappa shape index (κ2) is 5.06. The summed E-state index contributed by atoms with van der Waals surface area (Å²) in [5, 5.41) is 8.91. The Bertz CT molecular complexity index is 446. The first-order chi connectivity index (χ1) is 9.19. The molecule has 0 bridgehead atoms. The fourth-order valence-corrected chi connectivity index (χ4v) is 3.18. The third-order valence-corrected chi connectivity index (χ3v) is 4.19. The standard InChI is InChI=1S/C14H18FNO3/c15-12-7-13-9(1-4-19-13)5-11(12)10-6-14(18)16(8-10)2-3-17/h5,7,9-10,13,17H,1-4,6,8H2/t9?,10-,13?/m0/s1. The number of rotatable bonds is 3. The van der Waals surface area contributed by atoms with Crippen molar-refractivity contribution in [2.45, 2.75) is 18.9 Å². The number of aliphatic hydroxyl groups is 1. The van der Waals surface area contributed by atoms with Crippen molar-refractivity contribution in [1.82, 2.24) is 4.90 Å². The molecule has 1 amide bonds. The van der Waals surface area contributed by atoms with Crippen LogP contribution in [-0.2, 0) is 9.53 Å². The average Bonchev–Trinajstić information content (AvgIpc) is 2.96. The summed E-state index contributed by atoms with van der Waals surface area (Å²) in [5.41, 5.74) is 0.653. The van der Waals surface area contributed by atoms with Crippen LogP contribution in [0.1, 0.15) is 12.8 Å². The molecule has 0 aromatic heterocycles. The molecule has 0 spiro atoms. The van der Waals surface area contributed by atoms with Gasteiger partial charge in [-0.1, -0.05) is 6.08 Å². The molecule has 3 aliphatic rings. The largest absolute Gasteiger partial charge is 0.395 e. The van der Waals surface area contributed by atoms with E-state index in [1.807, 2.05) is 6.08 Å². The summed E-state index contributed by atoms with van der Waals surface area (Å²) in [7, 11) is 0. The average molecular weight is 267 g/mol. The maximum Gasteiger partial charge on any atom is 0.223 e. The first-order valence-electron chi connectivity index (χ1n) is 6.78. The van der Waals surface area contributed by atoms with Crippen molar-refractivity contribution in [3.8, 4) is 0 Å². The van der Waals surface area contributed by atoms with E-state index in [0.717, 1.165) is 6.42 Å². The minimum absolute atomic E-state index is 0.00227. The molecule has 5 heteroatoms. The van der Waals surface area contributed by atoms with Gasteiger partial charge in [0, 0.05) is 38.0 Å². The first kappa shape index (κ1) is 12.8. The second-order valence-corrected chi connectivity index (χ2v) is 5.39. The number of halogens is 1. The molecule has 0 aromatic rings.